The van der Waals surface area contributed by atoms with E-state index in [9.17, 15) is 13.2 Å². The van der Waals surface area contributed by atoms with Gasteiger partial charge in [-0.25, -0.2) is 13.2 Å². The highest BCUT2D eigenvalue weighted by Gasteiger charge is 2.18. The first kappa shape index (κ1) is 18.6. The molecular formula is C19H18F3N5. The van der Waals surface area contributed by atoms with Crippen molar-refractivity contribution in [3.05, 3.63) is 65.6 Å². The third-order valence-electron chi connectivity index (χ3n) is 3.84. The molecule has 2 N–H and O–H groups in total. The van der Waals surface area contributed by atoms with Crippen LogP contribution in [0.5, 0.6) is 0 Å². The van der Waals surface area contributed by atoms with Gasteiger partial charge in [0.25, 0.3) is 0 Å². The second-order valence-corrected chi connectivity index (χ2v) is 6.93. The van der Waals surface area contributed by atoms with E-state index in [1.165, 1.54) is 6.20 Å². The third kappa shape index (κ3) is 4.16. The van der Waals surface area contributed by atoms with E-state index in [1.807, 2.05) is 24.3 Å². The van der Waals surface area contributed by atoms with Crippen molar-refractivity contribution < 1.29 is 13.2 Å². The Kier molecular flexibility index (Phi) is 4.98. The molecule has 0 aliphatic carbocycles. The molecule has 3 rings (SSSR count). The molecule has 0 bridgehead atoms. The standard InChI is InChI=1S/C19H18F3N5/c1-19(2,3)11-6-4-5-7-13(11)25-18-26-15(10-23-27-18)24-14-9-8-12(20)16(21)17(14)22/h4-10H,1-3H3,(H2,24,25,26,27). The number of halogens is 3. The van der Waals surface area contributed by atoms with Gasteiger partial charge in [-0.15, -0.1) is 5.10 Å². The quantitative estimate of drug-likeness (QED) is 0.625. The first-order valence-corrected chi connectivity index (χ1v) is 8.22. The SMILES string of the molecule is CC(C)(C)c1ccccc1Nc1nncc(Nc2ccc(F)c(F)c2F)n1. The van der Waals surface area contributed by atoms with Gasteiger partial charge < -0.3 is 10.6 Å². The van der Waals surface area contributed by atoms with E-state index in [1.54, 1.807) is 0 Å². The molecule has 5 nitrogen and oxygen atoms in total. The Morgan fingerprint density at radius 3 is 2.33 bits per heavy atom. The first-order chi connectivity index (χ1) is 12.8. The number of nitrogens with one attached hydrogen (secondary N) is 2. The number of anilines is 4. The minimum absolute atomic E-state index is 0.109. The van der Waals surface area contributed by atoms with Crippen LogP contribution in [0.3, 0.4) is 0 Å². The van der Waals surface area contributed by atoms with Crippen LogP contribution in [-0.4, -0.2) is 15.2 Å². The maximum atomic E-state index is 13.8. The summed E-state index contributed by atoms with van der Waals surface area (Å²) in [6.07, 6.45) is 1.25. The zero-order chi connectivity index (χ0) is 19.6. The average Bonchev–Trinajstić information content (AvgIpc) is 2.62. The molecule has 0 unspecified atom stereocenters. The van der Waals surface area contributed by atoms with Gasteiger partial charge in [0.15, 0.2) is 23.3 Å². The summed E-state index contributed by atoms with van der Waals surface area (Å²) in [5.74, 6) is -3.84. The van der Waals surface area contributed by atoms with E-state index in [-0.39, 0.29) is 22.9 Å². The van der Waals surface area contributed by atoms with Crippen LogP contribution in [0.1, 0.15) is 26.3 Å². The van der Waals surface area contributed by atoms with E-state index in [0.717, 1.165) is 23.4 Å². The number of aromatic nitrogens is 3. The number of rotatable bonds is 4. The van der Waals surface area contributed by atoms with Crippen molar-refractivity contribution >= 4 is 23.1 Å². The molecule has 140 valence electrons. The Morgan fingerprint density at radius 1 is 0.852 bits per heavy atom. The fourth-order valence-corrected chi connectivity index (χ4v) is 2.54. The molecule has 1 heterocycles. The number of hydrogen-bond acceptors (Lipinski definition) is 5. The van der Waals surface area contributed by atoms with Gasteiger partial charge in [0.05, 0.1) is 11.9 Å². The lowest BCUT2D eigenvalue weighted by Gasteiger charge is -2.22. The molecule has 2 aromatic carbocycles. The van der Waals surface area contributed by atoms with Gasteiger partial charge in [-0.3, -0.25) is 0 Å². The van der Waals surface area contributed by atoms with Crippen LogP contribution in [0.15, 0.2) is 42.6 Å². The monoisotopic (exact) mass is 373 g/mol. The van der Waals surface area contributed by atoms with E-state index < -0.39 is 17.5 Å². The normalized spacial score (nSPS) is 11.3. The molecule has 0 amide bonds. The largest absolute Gasteiger partial charge is 0.336 e. The maximum Gasteiger partial charge on any atom is 0.249 e. The maximum absolute atomic E-state index is 13.8. The molecular weight excluding hydrogens is 355 g/mol. The van der Waals surface area contributed by atoms with Crippen LogP contribution in [0.2, 0.25) is 0 Å². The highest BCUT2D eigenvalue weighted by molar-refractivity contribution is 5.62. The lowest BCUT2D eigenvalue weighted by atomic mass is 9.86. The lowest BCUT2D eigenvalue weighted by Crippen LogP contribution is -2.14. The average molecular weight is 373 g/mol. The second-order valence-electron chi connectivity index (χ2n) is 6.93. The summed E-state index contributed by atoms with van der Waals surface area (Å²) >= 11 is 0. The van der Waals surface area contributed by atoms with Crippen LogP contribution in [0.25, 0.3) is 0 Å². The molecule has 0 fully saturated rings. The zero-order valence-electron chi connectivity index (χ0n) is 15.0. The molecule has 0 spiro atoms. The van der Waals surface area contributed by atoms with Gasteiger partial charge in [0.1, 0.15) is 0 Å². The fourth-order valence-electron chi connectivity index (χ4n) is 2.54. The van der Waals surface area contributed by atoms with Crippen molar-refractivity contribution in [1.29, 1.82) is 0 Å². The van der Waals surface area contributed by atoms with Crippen LogP contribution in [-0.2, 0) is 5.41 Å². The van der Waals surface area contributed by atoms with Gasteiger partial charge in [0, 0.05) is 5.69 Å². The summed E-state index contributed by atoms with van der Waals surface area (Å²) < 4.78 is 40.2. The van der Waals surface area contributed by atoms with Gasteiger partial charge >= 0.3 is 0 Å². The fraction of sp³-hybridized carbons (Fsp3) is 0.211. The van der Waals surface area contributed by atoms with Crippen molar-refractivity contribution in [1.82, 2.24) is 15.2 Å². The predicted molar refractivity (Wildman–Crippen MR) is 97.9 cm³/mol. The van der Waals surface area contributed by atoms with Crippen molar-refractivity contribution in [3.8, 4) is 0 Å². The van der Waals surface area contributed by atoms with Crippen molar-refractivity contribution in [3.63, 3.8) is 0 Å². The minimum Gasteiger partial charge on any atom is -0.336 e. The molecule has 8 heteroatoms. The molecule has 0 saturated heterocycles. The molecule has 0 saturated carbocycles. The third-order valence-corrected chi connectivity index (χ3v) is 3.84. The van der Waals surface area contributed by atoms with Crippen LogP contribution < -0.4 is 10.6 Å². The summed E-state index contributed by atoms with van der Waals surface area (Å²) in [7, 11) is 0. The van der Waals surface area contributed by atoms with E-state index >= 15 is 0 Å². The highest BCUT2D eigenvalue weighted by atomic mass is 19.2. The summed E-state index contributed by atoms with van der Waals surface area (Å²) in [4.78, 5) is 4.20. The Balaban J connectivity index is 1.87. The number of nitrogens with zero attached hydrogens (tertiary/aromatic N) is 3. The summed E-state index contributed by atoms with van der Waals surface area (Å²) in [6.45, 7) is 6.24. The van der Waals surface area contributed by atoms with Crippen LogP contribution in [0, 0.1) is 17.5 Å². The predicted octanol–water partition coefficient (Wildman–Crippen LogP) is 5.07. The van der Waals surface area contributed by atoms with E-state index in [0.29, 0.717) is 0 Å². The molecule has 27 heavy (non-hydrogen) atoms. The number of hydrogen-bond donors (Lipinski definition) is 2. The number of benzene rings is 2. The highest BCUT2D eigenvalue weighted by Crippen LogP contribution is 2.30. The summed E-state index contributed by atoms with van der Waals surface area (Å²) in [5.41, 5.74) is 1.50. The van der Waals surface area contributed by atoms with Crippen molar-refractivity contribution in [2.45, 2.75) is 26.2 Å². The van der Waals surface area contributed by atoms with Crippen molar-refractivity contribution in [2.24, 2.45) is 0 Å². The molecule has 0 radical (unpaired) electrons. The Bertz CT molecular complexity index is 970. The summed E-state index contributed by atoms with van der Waals surface area (Å²) in [6, 6.07) is 9.61. The molecule has 0 atom stereocenters. The first-order valence-electron chi connectivity index (χ1n) is 8.22. The van der Waals surface area contributed by atoms with Gasteiger partial charge in [-0.1, -0.05) is 39.0 Å². The Labute approximate surface area is 154 Å². The van der Waals surface area contributed by atoms with E-state index in [2.05, 4.69) is 46.6 Å². The smallest absolute Gasteiger partial charge is 0.249 e. The summed E-state index contributed by atoms with van der Waals surface area (Å²) in [5, 5.41) is 13.4. The minimum atomic E-state index is -1.56. The van der Waals surface area contributed by atoms with Gasteiger partial charge in [-0.05, 0) is 29.2 Å². The molecule has 1 aromatic heterocycles. The molecule has 0 aliphatic heterocycles. The molecule has 0 aliphatic rings. The zero-order valence-corrected chi connectivity index (χ0v) is 15.0. The Hall–Kier alpha value is -3.16. The second kappa shape index (κ2) is 7.22. The van der Waals surface area contributed by atoms with Gasteiger partial charge in [0.2, 0.25) is 5.95 Å². The lowest BCUT2D eigenvalue weighted by molar-refractivity contribution is 0.449. The van der Waals surface area contributed by atoms with Gasteiger partial charge in [-0.2, -0.15) is 10.1 Å². The van der Waals surface area contributed by atoms with Crippen LogP contribution in [0.4, 0.5) is 36.3 Å². The Morgan fingerprint density at radius 2 is 1.59 bits per heavy atom. The van der Waals surface area contributed by atoms with Crippen molar-refractivity contribution in [2.75, 3.05) is 10.6 Å². The topological polar surface area (TPSA) is 62.7 Å². The number of para-hydroxylation sites is 1. The molecule has 3 aromatic rings. The van der Waals surface area contributed by atoms with Crippen LogP contribution >= 0.6 is 0 Å². The van der Waals surface area contributed by atoms with E-state index in [4.69, 9.17) is 0 Å².